The van der Waals surface area contributed by atoms with Gasteiger partial charge in [0.1, 0.15) is 0 Å². The van der Waals surface area contributed by atoms with Gasteiger partial charge in [0.05, 0.1) is 0 Å². The van der Waals surface area contributed by atoms with Crippen molar-refractivity contribution in [2.45, 2.75) is 52.5 Å². The number of benzene rings is 2. The van der Waals surface area contributed by atoms with Crippen LogP contribution < -0.4 is 5.73 Å². The largest absolute Gasteiger partial charge is 0.324 e. The van der Waals surface area contributed by atoms with E-state index in [0.717, 1.165) is 6.42 Å². The number of hydrogen-bond donors (Lipinski definition) is 1. The monoisotopic (exact) mass is 279 g/mol. The molecule has 0 fully saturated rings. The van der Waals surface area contributed by atoms with Gasteiger partial charge < -0.3 is 5.73 Å². The number of nitrogens with two attached hydrogens (primary N) is 1. The maximum atomic E-state index is 6.44. The van der Waals surface area contributed by atoms with Crippen molar-refractivity contribution < 1.29 is 0 Å². The standard InChI is InChI=1S/C20H25N/c1-12-10-11-17(21)20-14(3)13(2)19(15(4)18(12)20)16-8-6-5-7-9-16/h5-9,12,17H,10-11,21H2,1-4H3. The Morgan fingerprint density at radius 2 is 1.52 bits per heavy atom. The van der Waals surface area contributed by atoms with Crippen LogP contribution in [0.25, 0.3) is 11.1 Å². The third-order valence-corrected chi connectivity index (χ3v) is 5.25. The molecule has 2 atom stereocenters. The number of hydrogen-bond acceptors (Lipinski definition) is 1. The minimum absolute atomic E-state index is 0.207. The van der Waals surface area contributed by atoms with Crippen molar-refractivity contribution >= 4 is 0 Å². The Hall–Kier alpha value is -1.60. The van der Waals surface area contributed by atoms with Gasteiger partial charge in [-0.3, -0.25) is 0 Å². The zero-order chi connectivity index (χ0) is 15.1. The van der Waals surface area contributed by atoms with Crippen molar-refractivity contribution in [3.8, 4) is 11.1 Å². The summed E-state index contributed by atoms with van der Waals surface area (Å²) < 4.78 is 0. The first-order chi connectivity index (χ1) is 10.0. The molecular weight excluding hydrogens is 254 g/mol. The number of fused-ring (bicyclic) bond motifs is 1. The average molecular weight is 279 g/mol. The van der Waals surface area contributed by atoms with Crippen LogP contribution in [0.5, 0.6) is 0 Å². The van der Waals surface area contributed by atoms with Crippen molar-refractivity contribution in [3.63, 3.8) is 0 Å². The van der Waals surface area contributed by atoms with Crippen LogP contribution in [0.1, 0.15) is 59.5 Å². The Morgan fingerprint density at radius 1 is 0.857 bits per heavy atom. The summed E-state index contributed by atoms with van der Waals surface area (Å²) in [7, 11) is 0. The minimum atomic E-state index is 0.207. The summed E-state index contributed by atoms with van der Waals surface area (Å²) in [4.78, 5) is 0. The molecule has 0 radical (unpaired) electrons. The van der Waals surface area contributed by atoms with Crippen LogP contribution in [0.3, 0.4) is 0 Å². The molecule has 0 amide bonds. The molecule has 0 aliphatic heterocycles. The van der Waals surface area contributed by atoms with Crippen LogP contribution >= 0.6 is 0 Å². The van der Waals surface area contributed by atoms with E-state index in [2.05, 4.69) is 58.0 Å². The van der Waals surface area contributed by atoms with Crippen LogP contribution in [0, 0.1) is 20.8 Å². The molecule has 2 N–H and O–H groups in total. The highest BCUT2D eigenvalue weighted by molar-refractivity contribution is 5.75. The first-order valence-corrected chi connectivity index (χ1v) is 7.97. The first-order valence-electron chi connectivity index (χ1n) is 7.97. The fraction of sp³-hybridized carbons (Fsp3) is 0.400. The molecular formula is C20H25N. The second kappa shape index (κ2) is 5.31. The van der Waals surface area contributed by atoms with Gasteiger partial charge in [-0.1, -0.05) is 37.3 Å². The molecule has 3 rings (SSSR count). The Kier molecular flexibility index (Phi) is 3.62. The van der Waals surface area contributed by atoms with Crippen molar-refractivity contribution in [1.29, 1.82) is 0 Å². The third kappa shape index (κ3) is 2.20. The molecule has 1 aliphatic rings. The van der Waals surface area contributed by atoms with E-state index < -0.39 is 0 Å². The van der Waals surface area contributed by atoms with Crippen LogP contribution in [0.2, 0.25) is 0 Å². The zero-order valence-corrected chi connectivity index (χ0v) is 13.5. The molecule has 1 heteroatoms. The van der Waals surface area contributed by atoms with Crippen LogP contribution in [0.15, 0.2) is 30.3 Å². The van der Waals surface area contributed by atoms with Crippen LogP contribution in [0.4, 0.5) is 0 Å². The Balaban J connectivity index is 2.34. The van der Waals surface area contributed by atoms with Crippen molar-refractivity contribution in [2.75, 3.05) is 0 Å². The summed E-state index contributed by atoms with van der Waals surface area (Å²) in [5.74, 6) is 0.613. The van der Waals surface area contributed by atoms with Gasteiger partial charge in [0.15, 0.2) is 0 Å². The van der Waals surface area contributed by atoms with E-state index in [4.69, 9.17) is 5.73 Å². The zero-order valence-electron chi connectivity index (χ0n) is 13.5. The maximum Gasteiger partial charge on any atom is 0.0300 e. The van der Waals surface area contributed by atoms with Crippen molar-refractivity contribution in [3.05, 3.63) is 58.1 Å². The molecule has 0 saturated heterocycles. The second-order valence-corrected chi connectivity index (χ2v) is 6.53. The van der Waals surface area contributed by atoms with Crippen LogP contribution in [-0.2, 0) is 0 Å². The van der Waals surface area contributed by atoms with Crippen molar-refractivity contribution in [2.24, 2.45) is 5.73 Å². The highest BCUT2D eigenvalue weighted by Gasteiger charge is 2.28. The highest BCUT2D eigenvalue weighted by Crippen LogP contribution is 2.44. The van der Waals surface area contributed by atoms with Gasteiger partial charge in [-0.2, -0.15) is 0 Å². The summed E-state index contributed by atoms with van der Waals surface area (Å²) in [6.07, 6.45) is 2.31. The van der Waals surface area contributed by atoms with Gasteiger partial charge in [0.2, 0.25) is 0 Å². The van der Waals surface area contributed by atoms with Crippen molar-refractivity contribution in [1.82, 2.24) is 0 Å². The lowest BCUT2D eigenvalue weighted by atomic mass is 9.73. The molecule has 1 aliphatic carbocycles. The fourth-order valence-corrected chi connectivity index (χ4v) is 4.08. The highest BCUT2D eigenvalue weighted by atomic mass is 14.6. The smallest absolute Gasteiger partial charge is 0.0300 e. The van der Waals surface area contributed by atoms with E-state index in [-0.39, 0.29) is 6.04 Å². The Morgan fingerprint density at radius 3 is 2.19 bits per heavy atom. The molecule has 0 saturated carbocycles. The minimum Gasteiger partial charge on any atom is -0.324 e. The molecule has 110 valence electrons. The molecule has 0 spiro atoms. The van der Waals surface area contributed by atoms with Gasteiger partial charge >= 0.3 is 0 Å². The van der Waals surface area contributed by atoms with Crippen LogP contribution in [-0.4, -0.2) is 0 Å². The van der Waals surface area contributed by atoms with Gasteiger partial charge in [-0.05, 0) is 78.5 Å². The summed E-state index contributed by atoms with van der Waals surface area (Å²) in [5.41, 5.74) is 16.3. The maximum absolute atomic E-state index is 6.44. The predicted molar refractivity (Wildman–Crippen MR) is 90.7 cm³/mol. The molecule has 0 heterocycles. The van der Waals surface area contributed by atoms with Gasteiger partial charge in [0, 0.05) is 6.04 Å². The molecule has 2 unspecified atom stereocenters. The van der Waals surface area contributed by atoms with E-state index in [9.17, 15) is 0 Å². The lowest BCUT2D eigenvalue weighted by molar-refractivity contribution is 0.509. The van der Waals surface area contributed by atoms with E-state index >= 15 is 0 Å². The third-order valence-electron chi connectivity index (χ3n) is 5.25. The molecule has 21 heavy (non-hydrogen) atoms. The topological polar surface area (TPSA) is 26.0 Å². The summed E-state index contributed by atoms with van der Waals surface area (Å²) in [5, 5.41) is 0. The summed E-state index contributed by atoms with van der Waals surface area (Å²) in [6.45, 7) is 9.12. The normalized spacial score (nSPS) is 21.2. The Labute approximate surface area is 128 Å². The van der Waals surface area contributed by atoms with E-state index in [1.807, 2.05) is 0 Å². The SMILES string of the molecule is Cc1c(C)c2c(c(C)c1-c1ccccc1)C(C)CCC2N. The molecule has 0 aromatic heterocycles. The molecule has 1 nitrogen and oxygen atoms in total. The van der Waals surface area contributed by atoms with E-state index in [1.165, 1.54) is 45.4 Å². The molecule has 2 aromatic carbocycles. The van der Waals surface area contributed by atoms with E-state index in [1.54, 1.807) is 0 Å². The van der Waals surface area contributed by atoms with Gasteiger partial charge in [0.25, 0.3) is 0 Å². The molecule has 0 bridgehead atoms. The summed E-state index contributed by atoms with van der Waals surface area (Å²) in [6, 6.07) is 11.0. The predicted octanol–water partition coefficient (Wildman–Crippen LogP) is 5.18. The number of rotatable bonds is 1. The Bertz CT molecular complexity index is 670. The first kappa shape index (κ1) is 14.3. The lowest BCUT2D eigenvalue weighted by Crippen LogP contribution is -2.23. The fourth-order valence-electron chi connectivity index (χ4n) is 4.08. The molecule has 2 aromatic rings. The summed E-state index contributed by atoms with van der Waals surface area (Å²) >= 11 is 0. The quantitative estimate of drug-likeness (QED) is 0.765. The lowest BCUT2D eigenvalue weighted by Gasteiger charge is -2.33. The van der Waals surface area contributed by atoms with E-state index in [0.29, 0.717) is 5.92 Å². The second-order valence-electron chi connectivity index (χ2n) is 6.53. The van der Waals surface area contributed by atoms with Gasteiger partial charge in [-0.25, -0.2) is 0 Å². The average Bonchev–Trinajstić information content (AvgIpc) is 2.48. The van der Waals surface area contributed by atoms with Gasteiger partial charge in [-0.15, -0.1) is 0 Å².